The second-order valence-electron chi connectivity index (χ2n) is 8.09. The average molecular weight is 576 g/mol. The number of ether oxygens (including phenoxy) is 2. The van der Waals surface area contributed by atoms with Gasteiger partial charge in [0.15, 0.2) is 11.5 Å². The fraction of sp³-hybridized carbons (Fsp3) is 0.231. The summed E-state index contributed by atoms with van der Waals surface area (Å²) in [6.07, 6.45) is 5.68. The highest BCUT2D eigenvalue weighted by Gasteiger charge is 2.39. The number of hydrogen-bond acceptors (Lipinski definition) is 3. The summed E-state index contributed by atoms with van der Waals surface area (Å²) in [4.78, 5) is 0. The molecule has 0 amide bonds. The van der Waals surface area contributed by atoms with Crippen molar-refractivity contribution in [2.75, 3.05) is 12.4 Å². The molecule has 164 valence electrons. The number of rotatable bonds is 5. The third-order valence-corrected chi connectivity index (χ3v) is 7.91. The van der Waals surface area contributed by atoms with Gasteiger partial charge < -0.3 is 14.8 Å². The predicted molar refractivity (Wildman–Crippen MR) is 137 cm³/mol. The van der Waals surface area contributed by atoms with Gasteiger partial charge in [-0.1, -0.05) is 54.1 Å². The number of benzene rings is 3. The molecule has 5 rings (SSSR count). The van der Waals surface area contributed by atoms with E-state index >= 15 is 0 Å². The third-order valence-electron chi connectivity index (χ3n) is 6.29. The maximum atomic E-state index is 6.30. The summed E-state index contributed by atoms with van der Waals surface area (Å²) in [5, 5.41) is 4.48. The minimum absolute atomic E-state index is 0.156. The lowest BCUT2D eigenvalue weighted by Gasteiger charge is -2.38. The summed E-state index contributed by atoms with van der Waals surface area (Å²) >= 11 is 13.8. The number of fused-ring (bicyclic) bond motifs is 3. The highest BCUT2D eigenvalue weighted by atomic mass is 79.9. The Hall–Kier alpha value is -1.95. The zero-order chi connectivity index (χ0) is 22.2. The van der Waals surface area contributed by atoms with Gasteiger partial charge in [0, 0.05) is 21.0 Å². The van der Waals surface area contributed by atoms with Gasteiger partial charge in [-0.2, -0.15) is 0 Å². The lowest BCUT2D eigenvalue weighted by molar-refractivity contribution is 0.282. The quantitative estimate of drug-likeness (QED) is 0.311. The van der Waals surface area contributed by atoms with Crippen LogP contribution in [0.3, 0.4) is 0 Å². The molecule has 0 bridgehead atoms. The van der Waals surface area contributed by atoms with Crippen molar-refractivity contribution < 1.29 is 9.47 Å². The molecule has 6 heteroatoms. The summed E-state index contributed by atoms with van der Waals surface area (Å²) < 4.78 is 13.8. The zero-order valence-corrected chi connectivity index (χ0v) is 21.4. The minimum Gasteiger partial charge on any atom is -0.493 e. The van der Waals surface area contributed by atoms with Crippen LogP contribution in [0, 0.1) is 5.92 Å². The minimum atomic E-state index is 0.156. The van der Waals surface area contributed by atoms with Crippen molar-refractivity contribution in [3.05, 3.63) is 97.4 Å². The van der Waals surface area contributed by atoms with Gasteiger partial charge in [-0.3, -0.25) is 0 Å². The molecule has 0 saturated carbocycles. The van der Waals surface area contributed by atoms with Crippen molar-refractivity contribution in [3.8, 4) is 11.5 Å². The van der Waals surface area contributed by atoms with Crippen molar-refractivity contribution in [2.24, 2.45) is 5.92 Å². The summed E-state index contributed by atoms with van der Waals surface area (Å²) in [5.74, 6) is 2.22. The van der Waals surface area contributed by atoms with Crippen LogP contribution in [0.2, 0.25) is 5.02 Å². The molecular formula is C26H22Br2ClNO2. The number of methoxy groups -OCH3 is 1. The second-order valence-corrected chi connectivity index (χ2v) is 10.2. The summed E-state index contributed by atoms with van der Waals surface area (Å²) in [6.45, 7) is 0.366. The lowest BCUT2D eigenvalue weighted by atomic mass is 9.77. The SMILES string of the molecule is COc1cc([C@@H]2Nc3c(Br)cccc3[C@H]3C=CC[C@@H]32)cc(Br)c1OCc1ccccc1Cl. The van der Waals surface area contributed by atoms with Crippen LogP contribution in [-0.4, -0.2) is 7.11 Å². The van der Waals surface area contributed by atoms with E-state index in [9.17, 15) is 0 Å². The van der Waals surface area contributed by atoms with Crippen LogP contribution in [0.5, 0.6) is 11.5 Å². The summed E-state index contributed by atoms with van der Waals surface area (Å²) in [7, 11) is 1.67. The fourth-order valence-corrected chi connectivity index (χ4v) is 6.00. The van der Waals surface area contributed by atoms with Crippen molar-refractivity contribution in [3.63, 3.8) is 0 Å². The molecule has 0 spiro atoms. The summed E-state index contributed by atoms with van der Waals surface area (Å²) in [5.41, 5.74) is 4.61. The number of allylic oxidation sites excluding steroid dienone is 2. The Bertz CT molecular complexity index is 1200. The van der Waals surface area contributed by atoms with Crippen LogP contribution < -0.4 is 14.8 Å². The first-order chi connectivity index (χ1) is 15.6. The van der Waals surface area contributed by atoms with Gasteiger partial charge in [-0.25, -0.2) is 0 Å². The van der Waals surface area contributed by atoms with Gasteiger partial charge in [0.2, 0.25) is 0 Å². The maximum absolute atomic E-state index is 6.30. The van der Waals surface area contributed by atoms with Crippen LogP contribution in [0.25, 0.3) is 0 Å². The van der Waals surface area contributed by atoms with E-state index in [1.54, 1.807) is 7.11 Å². The van der Waals surface area contributed by atoms with Gasteiger partial charge in [0.25, 0.3) is 0 Å². The predicted octanol–water partition coefficient (Wildman–Crippen LogP) is 8.28. The Morgan fingerprint density at radius 3 is 2.72 bits per heavy atom. The lowest BCUT2D eigenvalue weighted by Crippen LogP contribution is -2.29. The molecule has 1 aliphatic heterocycles. The molecule has 3 aromatic carbocycles. The van der Waals surface area contributed by atoms with E-state index in [0.717, 1.165) is 20.9 Å². The van der Waals surface area contributed by atoms with E-state index in [1.807, 2.05) is 24.3 Å². The number of halogens is 3. The Kier molecular flexibility index (Phi) is 6.24. The summed E-state index contributed by atoms with van der Waals surface area (Å²) in [6, 6.07) is 18.5. The average Bonchev–Trinajstić information content (AvgIpc) is 3.29. The van der Waals surface area contributed by atoms with Crippen molar-refractivity contribution in [1.29, 1.82) is 0 Å². The fourth-order valence-electron chi connectivity index (χ4n) is 4.74. The smallest absolute Gasteiger partial charge is 0.175 e. The maximum Gasteiger partial charge on any atom is 0.175 e. The number of nitrogens with one attached hydrogen (secondary N) is 1. The van der Waals surface area contributed by atoms with Crippen molar-refractivity contribution in [1.82, 2.24) is 0 Å². The Morgan fingerprint density at radius 1 is 1.06 bits per heavy atom. The number of para-hydroxylation sites is 1. The van der Waals surface area contributed by atoms with Crippen LogP contribution in [0.4, 0.5) is 5.69 Å². The first-order valence-corrected chi connectivity index (χ1v) is 12.5. The molecule has 1 heterocycles. The van der Waals surface area contributed by atoms with E-state index in [-0.39, 0.29) is 6.04 Å². The van der Waals surface area contributed by atoms with Crippen LogP contribution in [0.1, 0.15) is 35.1 Å². The van der Waals surface area contributed by atoms with Gasteiger partial charge in [-0.15, -0.1) is 0 Å². The van der Waals surface area contributed by atoms with Gasteiger partial charge >= 0.3 is 0 Å². The zero-order valence-electron chi connectivity index (χ0n) is 17.4. The van der Waals surface area contributed by atoms with Crippen LogP contribution in [-0.2, 0) is 6.61 Å². The molecule has 0 unspecified atom stereocenters. The van der Waals surface area contributed by atoms with Gasteiger partial charge in [0.05, 0.1) is 23.3 Å². The van der Waals surface area contributed by atoms with Crippen LogP contribution in [0.15, 0.2) is 75.7 Å². The Morgan fingerprint density at radius 2 is 1.91 bits per heavy atom. The highest BCUT2D eigenvalue weighted by molar-refractivity contribution is 9.11. The Balaban J connectivity index is 1.48. The molecule has 2 aliphatic rings. The molecule has 1 N–H and O–H groups in total. The Labute approximate surface area is 210 Å². The van der Waals surface area contributed by atoms with Crippen LogP contribution >= 0.6 is 43.5 Å². The van der Waals surface area contributed by atoms with Gasteiger partial charge in [0.1, 0.15) is 6.61 Å². The third kappa shape index (κ3) is 3.95. The molecular weight excluding hydrogens is 554 g/mol. The molecule has 1 aliphatic carbocycles. The molecule has 32 heavy (non-hydrogen) atoms. The van der Waals surface area contributed by atoms with E-state index < -0.39 is 0 Å². The monoisotopic (exact) mass is 573 g/mol. The molecule has 0 radical (unpaired) electrons. The molecule has 0 aromatic heterocycles. The standard InChI is InChI=1S/C26H22Br2ClNO2/c1-31-23-13-16(12-21(28)26(23)32-14-15-6-2-3-11-22(15)29)24-18-8-4-7-17(18)19-9-5-10-20(27)25(19)30-24/h2-7,9-13,17-18,24,30H,8,14H2,1H3/t17-,18-,24-/m0/s1. The van der Waals surface area contributed by atoms with Crippen molar-refractivity contribution in [2.45, 2.75) is 25.0 Å². The molecule has 3 aromatic rings. The second kappa shape index (κ2) is 9.12. The van der Waals surface area contributed by atoms with E-state index in [4.69, 9.17) is 21.1 Å². The van der Waals surface area contributed by atoms with Crippen molar-refractivity contribution >= 4 is 49.1 Å². The first-order valence-electron chi connectivity index (χ1n) is 10.5. The number of hydrogen-bond donors (Lipinski definition) is 1. The first kappa shape index (κ1) is 21.9. The molecule has 3 nitrogen and oxygen atoms in total. The topological polar surface area (TPSA) is 30.5 Å². The molecule has 0 saturated heterocycles. The largest absolute Gasteiger partial charge is 0.493 e. The van der Waals surface area contributed by atoms with E-state index in [1.165, 1.54) is 16.8 Å². The number of anilines is 1. The molecule has 3 atom stereocenters. The molecule has 0 fully saturated rings. The normalized spacial score (nSPS) is 20.9. The van der Waals surface area contributed by atoms with E-state index in [0.29, 0.717) is 35.0 Å². The van der Waals surface area contributed by atoms with Gasteiger partial charge in [-0.05, 0) is 79.6 Å². The highest BCUT2D eigenvalue weighted by Crippen LogP contribution is 2.52. The van der Waals surface area contributed by atoms with E-state index in [2.05, 4.69) is 79.7 Å².